The van der Waals surface area contributed by atoms with Gasteiger partial charge in [0, 0.05) is 29.4 Å². The van der Waals surface area contributed by atoms with Gasteiger partial charge in [0.15, 0.2) is 0 Å². The third-order valence-corrected chi connectivity index (χ3v) is 4.23. The first-order chi connectivity index (χ1) is 9.10. The van der Waals surface area contributed by atoms with Crippen LogP contribution < -0.4 is 5.73 Å². The number of hydrogen-bond donors (Lipinski definition) is 1. The van der Waals surface area contributed by atoms with Crippen molar-refractivity contribution >= 4 is 11.8 Å². The summed E-state index contributed by atoms with van der Waals surface area (Å²) >= 11 is 1.83. The van der Waals surface area contributed by atoms with Crippen LogP contribution in [0.15, 0.2) is 35.2 Å². The highest BCUT2D eigenvalue weighted by atomic mass is 32.2. The molecule has 1 heterocycles. The summed E-state index contributed by atoms with van der Waals surface area (Å²) in [6, 6.07) is 10.8. The van der Waals surface area contributed by atoms with Gasteiger partial charge in [0.05, 0.1) is 5.69 Å². The number of thioether (sulfide) groups is 1. The molecule has 0 aliphatic carbocycles. The van der Waals surface area contributed by atoms with E-state index in [1.165, 1.54) is 16.2 Å². The minimum atomic E-state index is 0.100. The van der Waals surface area contributed by atoms with Crippen molar-refractivity contribution in [1.82, 2.24) is 9.78 Å². The van der Waals surface area contributed by atoms with Crippen molar-refractivity contribution < 1.29 is 0 Å². The third kappa shape index (κ3) is 3.61. The lowest BCUT2D eigenvalue weighted by atomic mass is 10.1. The molecule has 2 N–H and O–H groups in total. The average Bonchev–Trinajstić information content (AvgIpc) is 2.77. The molecule has 0 aliphatic rings. The molecule has 0 amide bonds. The first kappa shape index (κ1) is 14.2. The molecule has 4 heteroatoms. The zero-order valence-electron chi connectivity index (χ0n) is 11.8. The predicted octanol–water partition coefficient (Wildman–Crippen LogP) is 3.29. The van der Waals surface area contributed by atoms with Crippen LogP contribution in [-0.2, 0) is 19.2 Å². The van der Waals surface area contributed by atoms with E-state index >= 15 is 0 Å². The van der Waals surface area contributed by atoms with E-state index in [-0.39, 0.29) is 6.04 Å². The largest absolute Gasteiger partial charge is 0.324 e. The standard InChI is InChI=1S/C15H21N3S/c1-4-13-9-14(18(3)17-13)10-19-15-7-5-12(6-8-15)11(2)16/h5-9,11H,4,10,16H2,1-3H3. The molecule has 1 aromatic heterocycles. The minimum absolute atomic E-state index is 0.100. The van der Waals surface area contributed by atoms with E-state index in [9.17, 15) is 0 Å². The maximum Gasteiger partial charge on any atom is 0.0625 e. The van der Waals surface area contributed by atoms with E-state index in [4.69, 9.17) is 5.73 Å². The predicted molar refractivity (Wildman–Crippen MR) is 81.2 cm³/mol. The Morgan fingerprint density at radius 3 is 2.53 bits per heavy atom. The van der Waals surface area contributed by atoms with Gasteiger partial charge in [0.25, 0.3) is 0 Å². The summed E-state index contributed by atoms with van der Waals surface area (Å²) in [5.74, 6) is 0.945. The maximum atomic E-state index is 5.85. The van der Waals surface area contributed by atoms with Crippen molar-refractivity contribution in [2.45, 2.75) is 37.0 Å². The summed E-state index contributed by atoms with van der Waals surface area (Å²) in [6.45, 7) is 4.13. The Bertz CT molecular complexity index is 529. The number of rotatable bonds is 5. The van der Waals surface area contributed by atoms with Gasteiger partial charge in [0.2, 0.25) is 0 Å². The number of aromatic nitrogens is 2. The van der Waals surface area contributed by atoms with Crippen molar-refractivity contribution in [3.8, 4) is 0 Å². The van der Waals surface area contributed by atoms with E-state index in [0.717, 1.165) is 17.9 Å². The Hall–Kier alpha value is -1.26. The molecule has 0 bridgehead atoms. The van der Waals surface area contributed by atoms with Gasteiger partial charge in [0.1, 0.15) is 0 Å². The van der Waals surface area contributed by atoms with Gasteiger partial charge in [-0.15, -0.1) is 11.8 Å². The van der Waals surface area contributed by atoms with Crippen LogP contribution in [0, 0.1) is 0 Å². The molecule has 2 aromatic rings. The van der Waals surface area contributed by atoms with Gasteiger partial charge in [-0.25, -0.2) is 0 Å². The Balaban J connectivity index is 1.99. The molecule has 0 fully saturated rings. The van der Waals surface area contributed by atoms with Gasteiger partial charge in [-0.1, -0.05) is 19.1 Å². The van der Waals surface area contributed by atoms with E-state index < -0.39 is 0 Å². The summed E-state index contributed by atoms with van der Waals surface area (Å²) in [6.07, 6.45) is 0.988. The Morgan fingerprint density at radius 1 is 1.32 bits per heavy atom. The molecular weight excluding hydrogens is 254 g/mol. The van der Waals surface area contributed by atoms with Crippen LogP contribution in [0.5, 0.6) is 0 Å². The molecule has 3 nitrogen and oxygen atoms in total. The molecule has 1 atom stereocenters. The van der Waals surface area contributed by atoms with Gasteiger partial charge < -0.3 is 5.73 Å². The van der Waals surface area contributed by atoms with Crippen LogP contribution >= 0.6 is 11.8 Å². The summed E-state index contributed by atoms with van der Waals surface area (Å²) in [7, 11) is 2.01. The quantitative estimate of drug-likeness (QED) is 0.852. The summed E-state index contributed by atoms with van der Waals surface area (Å²) in [5.41, 5.74) is 9.45. The zero-order valence-corrected chi connectivity index (χ0v) is 12.6. The monoisotopic (exact) mass is 275 g/mol. The number of aryl methyl sites for hydroxylation is 2. The van der Waals surface area contributed by atoms with Gasteiger partial charge >= 0.3 is 0 Å². The van der Waals surface area contributed by atoms with E-state index in [2.05, 4.69) is 42.4 Å². The van der Waals surface area contributed by atoms with Gasteiger partial charge in [-0.3, -0.25) is 4.68 Å². The van der Waals surface area contributed by atoms with Crippen molar-refractivity contribution in [2.24, 2.45) is 12.8 Å². The van der Waals surface area contributed by atoms with Gasteiger partial charge in [-0.2, -0.15) is 5.10 Å². The summed E-state index contributed by atoms with van der Waals surface area (Å²) in [4.78, 5) is 1.27. The van der Waals surface area contributed by atoms with Crippen molar-refractivity contribution in [2.75, 3.05) is 0 Å². The molecule has 102 valence electrons. The minimum Gasteiger partial charge on any atom is -0.324 e. The fourth-order valence-corrected chi connectivity index (χ4v) is 2.82. The Labute approximate surface area is 119 Å². The second kappa shape index (κ2) is 6.26. The van der Waals surface area contributed by atoms with E-state index in [1.807, 2.05) is 30.4 Å². The van der Waals surface area contributed by atoms with E-state index in [0.29, 0.717) is 0 Å². The molecule has 19 heavy (non-hydrogen) atoms. The molecule has 0 aliphatic heterocycles. The first-order valence-electron chi connectivity index (χ1n) is 6.60. The molecule has 0 spiro atoms. The van der Waals surface area contributed by atoms with Crippen LogP contribution in [0.3, 0.4) is 0 Å². The molecular formula is C15H21N3S. The second-order valence-corrected chi connectivity index (χ2v) is 5.80. The molecule has 1 unspecified atom stereocenters. The van der Waals surface area contributed by atoms with Gasteiger partial charge in [-0.05, 0) is 37.1 Å². The van der Waals surface area contributed by atoms with Crippen molar-refractivity contribution in [3.05, 3.63) is 47.3 Å². The van der Waals surface area contributed by atoms with Crippen LogP contribution in [0.4, 0.5) is 0 Å². The van der Waals surface area contributed by atoms with Crippen LogP contribution in [-0.4, -0.2) is 9.78 Å². The van der Waals surface area contributed by atoms with Crippen LogP contribution in [0.1, 0.15) is 36.8 Å². The summed E-state index contributed by atoms with van der Waals surface area (Å²) < 4.78 is 1.97. The molecule has 0 saturated carbocycles. The first-order valence-corrected chi connectivity index (χ1v) is 7.59. The SMILES string of the molecule is CCc1cc(CSc2ccc(C(C)N)cc2)n(C)n1. The molecule has 1 aromatic carbocycles. The lowest BCUT2D eigenvalue weighted by molar-refractivity contribution is 0.720. The normalized spacial score (nSPS) is 12.6. The Morgan fingerprint density at radius 2 is 2.00 bits per heavy atom. The molecule has 2 rings (SSSR count). The van der Waals surface area contributed by atoms with E-state index in [1.54, 1.807) is 0 Å². The van der Waals surface area contributed by atoms with Crippen molar-refractivity contribution in [3.63, 3.8) is 0 Å². The number of nitrogens with two attached hydrogens (primary N) is 1. The highest BCUT2D eigenvalue weighted by Crippen LogP contribution is 2.24. The molecule has 0 saturated heterocycles. The zero-order chi connectivity index (χ0) is 13.8. The lowest BCUT2D eigenvalue weighted by Crippen LogP contribution is -2.04. The smallest absolute Gasteiger partial charge is 0.0625 e. The maximum absolute atomic E-state index is 5.85. The average molecular weight is 275 g/mol. The van der Waals surface area contributed by atoms with Crippen LogP contribution in [0.25, 0.3) is 0 Å². The second-order valence-electron chi connectivity index (χ2n) is 4.75. The highest BCUT2D eigenvalue weighted by Gasteiger charge is 2.05. The van der Waals surface area contributed by atoms with Crippen LogP contribution in [0.2, 0.25) is 0 Å². The Kier molecular flexibility index (Phi) is 4.66. The number of hydrogen-bond acceptors (Lipinski definition) is 3. The summed E-state index contributed by atoms with van der Waals surface area (Å²) in [5, 5.41) is 4.47. The highest BCUT2D eigenvalue weighted by molar-refractivity contribution is 7.98. The third-order valence-electron chi connectivity index (χ3n) is 3.18. The number of benzene rings is 1. The lowest BCUT2D eigenvalue weighted by Gasteiger charge is -2.07. The van der Waals surface area contributed by atoms with Crippen molar-refractivity contribution in [1.29, 1.82) is 0 Å². The fourth-order valence-electron chi connectivity index (χ4n) is 1.90. The number of nitrogens with zero attached hydrogens (tertiary/aromatic N) is 2. The molecule has 0 radical (unpaired) electrons. The fraction of sp³-hybridized carbons (Fsp3) is 0.400. The topological polar surface area (TPSA) is 43.8 Å².